The average molecular weight is 256 g/mol. The Morgan fingerprint density at radius 1 is 1.37 bits per heavy atom. The third-order valence-electron chi connectivity index (χ3n) is 5.82. The number of fused-ring (bicyclic) bond motifs is 2. The Kier molecular flexibility index (Phi) is 2.60. The summed E-state index contributed by atoms with van der Waals surface area (Å²) in [6.45, 7) is 7.08. The number of rotatable bonds is 2. The molecule has 2 fully saturated rings. The number of hydrogen-bond donors (Lipinski definition) is 0. The molecule has 0 N–H and O–H groups in total. The van der Waals surface area contributed by atoms with Crippen molar-refractivity contribution in [3.05, 3.63) is 23.9 Å². The van der Waals surface area contributed by atoms with Crippen LogP contribution in [-0.4, -0.2) is 11.1 Å². The molecule has 100 valence electrons. The molecule has 2 aliphatic carbocycles. The zero-order valence-electron chi connectivity index (χ0n) is 11.8. The van der Waals surface area contributed by atoms with E-state index in [-0.39, 0.29) is 11.5 Å². The normalized spacial score (nSPS) is 35.1. The molecule has 0 aromatic carbocycles. The summed E-state index contributed by atoms with van der Waals surface area (Å²) in [5.41, 5.74) is 0.983. The predicted octanol–water partition coefficient (Wildman–Crippen LogP) is 3.55. The minimum Gasteiger partial charge on any atom is -0.474 e. The van der Waals surface area contributed by atoms with Crippen molar-refractivity contribution in [1.29, 1.82) is 5.26 Å². The summed E-state index contributed by atoms with van der Waals surface area (Å²) >= 11 is 0. The molecule has 3 heteroatoms. The maximum absolute atomic E-state index is 8.89. The lowest BCUT2D eigenvalue weighted by atomic mass is 9.70. The van der Waals surface area contributed by atoms with E-state index in [1.165, 1.54) is 12.8 Å². The van der Waals surface area contributed by atoms with Crippen LogP contribution in [0.25, 0.3) is 0 Å². The molecule has 0 aliphatic heterocycles. The van der Waals surface area contributed by atoms with Gasteiger partial charge in [-0.25, -0.2) is 4.98 Å². The minimum absolute atomic E-state index is 0.224. The summed E-state index contributed by atoms with van der Waals surface area (Å²) in [5, 5.41) is 8.89. The molecule has 2 saturated carbocycles. The summed E-state index contributed by atoms with van der Waals surface area (Å²) in [6.07, 6.45) is 3.88. The van der Waals surface area contributed by atoms with E-state index in [1.54, 1.807) is 6.07 Å². The zero-order valence-corrected chi connectivity index (χ0v) is 11.8. The van der Waals surface area contributed by atoms with Crippen LogP contribution < -0.4 is 4.74 Å². The van der Waals surface area contributed by atoms with Gasteiger partial charge in [-0.2, -0.15) is 5.26 Å². The molecule has 2 bridgehead atoms. The second-order valence-electron chi connectivity index (χ2n) is 6.69. The van der Waals surface area contributed by atoms with E-state index in [9.17, 15) is 0 Å². The first-order valence-corrected chi connectivity index (χ1v) is 7.01. The number of hydrogen-bond acceptors (Lipinski definition) is 3. The number of pyridine rings is 1. The van der Waals surface area contributed by atoms with Gasteiger partial charge in [0.2, 0.25) is 5.88 Å². The van der Waals surface area contributed by atoms with E-state index < -0.39 is 0 Å². The molecule has 0 spiro atoms. The van der Waals surface area contributed by atoms with Gasteiger partial charge in [0.1, 0.15) is 17.9 Å². The Labute approximate surface area is 114 Å². The molecular formula is C16H20N2O. The van der Waals surface area contributed by atoms with Crippen molar-refractivity contribution in [3.63, 3.8) is 0 Å². The van der Waals surface area contributed by atoms with E-state index in [2.05, 4.69) is 31.8 Å². The lowest BCUT2D eigenvalue weighted by Gasteiger charge is -2.38. The van der Waals surface area contributed by atoms with Gasteiger partial charge in [-0.05, 0) is 36.7 Å². The van der Waals surface area contributed by atoms with Gasteiger partial charge in [0, 0.05) is 11.5 Å². The van der Waals surface area contributed by atoms with Crippen molar-refractivity contribution >= 4 is 0 Å². The molecule has 0 amide bonds. The van der Waals surface area contributed by atoms with Crippen LogP contribution in [0.5, 0.6) is 5.88 Å². The van der Waals surface area contributed by atoms with Gasteiger partial charge in [-0.1, -0.05) is 26.8 Å². The van der Waals surface area contributed by atoms with Gasteiger partial charge in [-0.15, -0.1) is 0 Å². The van der Waals surface area contributed by atoms with E-state index in [4.69, 9.17) is 10.00 Å². The monoisotopic (exact) mass is 256 g/mol. The van der Waals surface area contributed by atoms with Crippen LogP contribution in [0.3, 0.4) is 0 Å². The van der Waals surface area contributed by atoms with Crippen molar-refractivity contribution in [2.24, 2.45) is 16.7 Å². The topological polar surface area (TPSA) is 45.9 Å². The van der Waals surface area contributed by atoms with Crippen molar-refractivity contribution in [2.75, 3.05) is 0 Å². The Morgan fingerprint density at radius 3 is 2.74 bits per heavy atom. The van der Waals surface area contributed by atoms with Gasteiger partial charge >= 0.3 is 0 Å². The molecule has 19 heavy (non-hydrogen) atoms. The van der Waals surface area contributed by atoms with Crippen molar-refractivity contribution in [3.8, 4) is 11.9 Å². The van der Waals surface area contributed by atoms with Crippen molar-refractivity contribution in [1.82, 2.24) is 4.98 Å². The highest BCUT2D eigenvalue weighted by Crippen LogP contribution is 2.66. The van der Waals surface area contributed by atoms with Gasteiger partial charge in [0.05, 0.1) is 0 Å². The number of ether oxygens (including phenoxy) is 1. The van der Waals surface area contributed by atoms with Crippen LogP contribution in [-0.2, 0) is 0 Å². The second-order valence-corrected chi connectivity index (χ2v) is 6.69. The van der Waals surface area contributed by atoms with E-state index in [1.807, 2.05) is 12.1 Å². The summed E-state index contributed by atoms with van der Waals surface area (Å²) in [5.74, 6) is 1.34. The highest BCUT2D eigenvalue weighted by Gasteiger charge is 2.62. The quantitative estimate of drug-likeness (QED) is 0.813. The molecule has 3 unspecified atom stereocenters. The Balaban J connectivity index is 1.84. The molecule has 1 heterocycles. The fraction of sp³-hybridized carbons (Fsp3) is 0.625. The van der Waals surface area contributed by atoms with Crippen LogP contribution in [0, 0.1) is 28.1 Å². The van der Waals surface area contributed by atoms with Gasteiger partial charge in [-0.3, -0.25) is 0 Å². The predicted molar refractivity (Wildman–Crippen MR) is 72.6 cm³/mol. The van der Waals surface area contributed by atoms with Crippen LogP contribution in [0.1, 0.15) is 45.7 Å². The first kappa shape index (κ1) is 12.5. The first-order valence-electron chi connectivity index (χ1n) is 7.01. The molecule has 3 rings (SSSR count). The first-order chi connectivity index (χ1) is 8.97. The largest absolute Gasteiger partial charge is 0.474 e. The van der Waals surface area contributed by atoms with E-state index >= 15 is 0 Å². The zero-order chi connectivity index (χ0) is 13.7. The second kappa shape index (κ2) is 3.96. The summed E-state index contributed by atoms with van der Waals surface area (Å²) in [6, 6.07) is 7.45. The molecular weight excluding hydrogens is 236 g/mol. The molecule has 1 aromatic heterocycles. The molecule has 0 saturated heterocycles. The molecule has 1 aromatic rings. The van der Waals surface area contributed by atoms with Gasteiger partial charge in [0.15, 0.2) is 0 Å². The van der Waals surface area contributed by atoms with Crippen LogP contribution in [0.4, 0.5) is 0 Å². The number of nitrogens with zero attached hydrogens (tertiary/aromatic N) is 2. The molecule has 0 radical (unpaired) electrons. The van der Waals surface area contributed by atoms with E-state index in [0.717, 1.165) is 12.3 Å². The highest BCUT2D eigenvalue weighted by atomic mass is 16.5. The maximum Gasteiger partial charge on any atom is 0.214 e. The van der Waals surface area contributed by atoms with Crippen molar-refractivity contribution < 1.29 is 4.74 Å². The smallest absolute Gasteiger partial charge is 0.214 e. The summed E-state index contributed by atoms with van der Waals surface area (Å²) in [4.78, 5) is 4.23. The van der Waals surface area contributed by atoms with Gasteiger partial charge < -0.3 is 4.74 Å². The molecule has 3 nitrogen and oxygen atoms in total. The highest BCUT2D eigenvalue weighted by molar-refractivity contribution is 5.25. The maximum atomic E-state index is 8.89. The van der Waals surface area contributed by atoms with Crippen molar-refractivity contribution in [2.45, 2.75) is 46.1 Å². The average Bonchev–Trinajstić information content (AvgIpc) is 2.72. The van der Waals surface area contributed by atoms with Crippen LogP contribution in [0.2, 0.25) is 0 Å². The van der Waals surface area contributed by atoms with Crippen LogP contribution in [0.15, 0.2) is 18.2 Å². The molecule has 2 aliphatic rings. The summed E-state index contributed by atoms with van der Waals surface area (Å²) < 4.78 is 6.13. The fourth-order valence-electron chi connectivity index (χ4n) is 4.00. The van der Waals surface area contributed by atoms with Gasteiger partial charge in [0.25, 0.3) is 0 Å². The Morgan fingerprint density at radius 2 is 2.16 bits per heavy atom. The lowest BCUT2D eigenvalue weighted by molar-refractivity contribution is 0.0273. The number of nitriles is 1. The third-order valence-corrected chi connectivity index (χ3v) is 5.82. The fourth-order valence-corrected chi connectivity index (χ4v) is 4.00. The lowest BCUT2D eigenvalue weighted by Crippen LogP contribution is -2.39. The minimum atomic E-state index is 0.224. The van der Waals surface area contributed by atoms with E-state index in [0.29, 0.717) is 17.0 Å². The number of aromatic nitrogens is 1. The Hall–Kier alpha value is -1.56. The third kappa shape index (κ3) is 1.66. The van der Waals surface area contributed by atoms with Crippen LogP contribution >= 0.6 is 0 Å². The summed E-state index contributed by atoms with van der Waals surface area (Å²) in [7, 11) is 0. The SMILES string of the molecule is CC1(C)C2CCC1(C)C(Oc1cccc(C#N)n1)C2. The standard InChI is InChI=1S/C16H20N2O/c1-15(2)11-7-8-16(15,3)13(9-11)19-14-6-4-5-12(10-17)18-14/h4-6,11,13H,7-9H2,1-3H3. The molecule has 3 atom stereocenters. The Bertz CT molecular complexity index is 546.